The molecule has 3 aliphatic rings. The number of nitrogens with zero attached hydrogens (tertiary/aromatic N) is 2. The van der Waals surface area contributed by atoms with Crippen molar-refractivity contribution >= 4 is 21.7 Å². The second-order valence-electron chi connectivity index (χ2n) is 10.6. The third kappa shape index (κ3) is 3.46. The van der Waals surface area contributed by atoms with Gasteiger partial charge in [0.15, 0.2) is 0 Å². The van der Waals surface area contributed by atoms with Gasteiger partial charge in [-0.1, -0.05) is 67.6 Å². The lowest BCUT2D eigenvalue weighted by molar-refractivity contribution is -0.988. The van der Waals surface area contributed by atoms with Crippen LogP contribution in [0.2, 0.25) is 0 Å². The molecule has 3 fully saturated rings. The number of benzene rings is 3. The summed E-state index contributed by atoms with van der Waals surface area (Å²) in [6.07, 6.45) is 4.54. The number of quaternary nitrogens is 1. The van der Waals surface area contributed by atoms with Gasteiger partial charge in [-0.25, -0.2) is 0 Å². The Hall–Kier alpha value is -3.01. The largest absolute Gasteiger partial charge is 0.382 e. The number of aromatic nitrogens is 1. The van der Waals surface area contributed by atoms with E-state index in [1.807, 2.05) is 30.5 Å². The first-order valence-corrected chi connectivity index (χ1v) is 12.6. The third-order valence-corrected chi connectivity index (χ3v) is 8.70. The monoisotopic (exact) mass is 449 g/mol. The SMILES string of the molecule is C=CC1C[N+]2(Cc3ccc4ccccc4c3)CC(C)C1CC2C(O)c1ccnc2ccccc12. The molecule has 34 heavy (non-hydrogen) atoms. The number of piperidine rings is 3. The van der Waals surface area contributed by atoms with E-state index in [2.05, 4.69) is 73.1 Å². The van der Waals surface area contributed by atoms with Crippen LogP contribution in [0.25, 0.3) is 21.7 Å². The van der Waals surface area contributed by atoms with E-state index < -0.39 is 6.10 Å². The maximum atomic E-state index is 12.0. The van der Waals surface area contributed by atoms with E-state index in [9.17, 15) is 5.11 Å². The molecule has 1 N–H and O–H groups in total. The number of pyridine rings is 1. The van der Waals surface area contributed by atoms with Gasteiger partial charge in [0, 0.05) is 35.4 Å². The Morgan fingerprint density at radius 3 is 2.68 bits per heavy atom. The smallest absolute Gasteiger partial charge is 0.131 e. The first-order valence-electron chi connectivity index (χ1n) is 12.6. The van der Waals surface area contributed by atoms with Gasteiger partial charge < -0.3 is 9.59 Å². The molecule has 0 spiro atoms. The minimum Gasteiger partial charge on any atom is -0.382 e. The summed E-state index contributed by atoms with van der Waals surface area (Å²) in [5, 5.41) is 15.6. The number of hydrogen-bond donors (Lipinski definition) is 1. The fourth-order valence-electron chi connectivity index (χ4n) is 7.15. The van der Waals surface area contributed by atoms with Crippen molar-refractivity contribution in [2.75, 3.05) is 13.1 Å². The molecule has 1 aromatic heterocycles. The highest BCUT2D eigenvalue weighted by molar-refractivity contribution is 5.83. The van der Waals surface area contributed by atoms with E-state index >= 15 is 0 Å². The van der Waals surface area contributed by atoms with Crippen molar-refractivity contribution in [1.29, 1.82) is 0 Å². The van der Waals surface area contributed by atoms with Crippen LogP contribution >= 0.6 is 0 Å². The highest BCUT2D eigenvalue weighted by atomic mass is 16.3. The molecule has 0 radical (unpaired) electrons. The molecule has 3 aromatic carbocycles. The van der Waals surface area contributed by atoms with E-state index in [0.717, 1.165) is 47.0 Å². The van der Waals surface area contributed by atoms with Gasteiger partial charge in [-0.15, -0.1) is 6.58 Å². The lowest BCUT2D eigenvalue weighted by Crippen LogP contribution is -2.69. The van der Waals surface area contributed by atoms with Crippen LogP contribution in [-0.2, 0) is 6.54 Å². The van der Waals surface area contributed by atoms with Crippen LogP contribution < -0.4 is 0 Å². The number of fused-ring (bicyclic) bond motifs is 5. The number of aliphatic hydroxyl groups excluding tert-OH is 1. The van der Waals surface area contributed by atoms with Crippen LogP contribution in [0.3, 0.4) is 0 Å². The van der Waals surface area contributed by atoms with E-state index in [4.69, 9.17) is 0 Å². The predicted molar refractivity (Wildman–Crippen MR) is 139 cm³/mol. The van der Waals surface area contributed by atoms with Crippen molar-refractivity contribution < 1.29 is 9.59 Å². The Bertz CT molecular complexity index is 1360. The average Bonchev–Trinajstić information content (AvgIpc) is 2.87. The zero-order chi connectivity index (χ0) is 23.3. The van der Waals surface area contributed by atoms with E-state index in [0.29, 0.717) is 17.8 Å². The minimum absolute atomic E-state index is 0.162. The summed E-state index contributed by atoms with van der Waals surface area (Å²) >= 11 is 0. The van der Waals surface area contributed by atoms with Crippen molar-refractivity contribution in [3.8, 4) is 0 Å². The Balaban J connectivity index is 1.43. The van der Waals surface area contributed by atoms with Crippen LogP contribution in [0.15, 0.2) is 91.6 Å². The van der Waals surface area contributed by atoms with Gasteiger partial charge in [-0.3, -0.25) is 4.98 Å². The van der Waals surface area contributed by atoms with Crippen LogP contribution in [-0.4, -0.2) is 33.7 Å². The average molecular weight is 450 g/mol. The predicted octanol–water partition coefficient (Wildman–Crippen LogP) is 6.28. The van der Waals surface area contributed by atoms with Crippen molar-refractivity contribution in [3.63, 3.8) is 0 Å². The van der Waals surface area contributed by atoms with Gasteiger partial charge in [0.05, 0.1) is 18.6 Å². The molecular formula is C31H33N2O+. The zero-order valence-corrected chi connectivity index (χ0v) is 19.8. The number of para-hydroxylation sites is 1. The van der Waals surface area contributed by atoms with E-state index in [-0.39, 0.29) is 6.04 Å². The van der Waals surface area contributed by atoms with Crippen molar-refractivity contribution in [2.45, 2.75) is 32.0 Å². The molecule has 4 heterocycles. The van der Waals surface area contributed by atoms with E-state index in [1.165, 1.54) is 16.3 Å². The van der Waals surface area contributed by atoms with Crippen LogP contribution in [0.5, 0.6) is 0 Å². The normalized spacial score (nSPS) is 29.4. The summed E-state index contributed by atoms with van der Waals surface area (Å²) in [5.41, 5.74) is 3.32. The molecule has 6 atom stereocenters. The third-order valence-electron chi connectivity index (χ3n) is 8.70. The van der Waals surface area contributed by atoms with E-state index in [1.54, 1.807) is 0 Å². The molecule has 3 saturated heterocycles. The maximum Gasteiger partial charge on any atom is 0.131 e. The molecule has 0 saturated carbocycles. The second kappa shape index (κ2) is 8.33. The Kier molecular flexibility index (Phi) is 5.28. The van der Waals surface area contributed by atoms with Gasteiger partial charge in [0.25, 0.3) is 0 Å². The summed E-state index contributed by atoms with van der Waals surface area (Å²) in [4.78, 5) is 4.54. The van der Waals surface area contributed by atoms with Gasteiger partial charge in [-0.2, -0.15) is 0 Å². The molecule has 2 bridgehead atoms. The molecule has 3 heteroatoms. The van der Waals surface area contributed by atoms with Crippen LogP contribution in [0, 0.1) is 17.8 Å². The standard InChI is InChI=1S/C31H33N2O/c1-3-23-20-33(19-22-12-13-24-8-4-5-9-25(24)16-22)18-21(2)28(23)17-30(33)31(34)27-14-15-32-29-11-7-6-10-26(27)29/h3-16,21,23,28,30-31,34H,1,17-20H2,2H3/q+1. The second-order valence-corrected chi connectivity index (χ2v) is 10.6. The fourth-order valence-corrected chi connectivity index (χ4v) is 7.15. The van der Waals surface area contributed by atoms with Crippen LogP contribution in [0.1, 0.15) is 30.6 Å². The number of aliphatic hydroxyl groups is 1. The number of rotatable bonds is 5. The Labute approximate surface area is 202 Å². The minimum atomic E-state index is -0.519. The molecule has 4 aromatic rings. The van der Waals surface area contributed by atoms with Gasteiger partial charge in [0.1, 0.15) is 18.7 Å². The lowest BCUT2D eigenvalue weighted by atomic mass is 9.66. The summed E-state index contributed by atoms with van der Waals surface area (Å²) < 4.78 is 0.921. The van der Waals surface area contributed by atoms with Gasteiger partial charge >= 0.3 is 0 Å². The Morgan fingerprint density at radius 1 is 1.03 bits per heavy atom. The summed E-state index contributed by atoms with van der Waals surface area (Å²) in [6.45, 7) is 9.70. The van der Waals surface area contributed by atoms with Crippen molar-refractivity contribution in [3.05, 3.63) is 103 Å². The molecule has 7 rings (SSSR count). The molecule has 3 nitrogen and oxygen atoms in total. The highest BCUT2D eigenvalue weighted by Crippen LogP contribution is 2.50. The maximum absolute atomic E-state index is 12.0. The van der Waals surface area contributed by atoms with Crippen LogP contribution in [0.4, 0.5) is 0 Å². The molecule has 172 valence electrons. The summed E-state index contributed by atoms with van der Waals surface area (Å²) in [6, 6.07) is 25.8. The zero-order valence-electron chi connectivity index (χ0n) is 19.8. The fraction of sp³-hybridized carbons (Fsp3) is 0.323. The first kappa shape index (κ1) is 21.5. The Morgan fingerprint density at radius 2 is 1.82 bits per heavy atom. The summed E-state index contributed by atoms with van der Waals surface area (Å²) in [5.74, 6) is 1.71. The first-order chi connectivity index (χ1) is 16.6. The summed E-state index contributed by atoms with van der Waals surface area (Å²) in [7, 11) is 0. The van der Waals surface area contributed by atoms with Crippen molar-refractivity contribution in [2.24, 2.45) is 17.8 Å². The molecular weight excluding hydrogens is 416 g/mol. The van der Waals surface area contributed by atoms with Crippen molar-refractivity contribution in [1.82, 2.24) is 4.98 Å². The topological polar surface area (TPSA) is 33.1 Å². The molecule has 3 aliphatic heterocycles. The van der Waals surface area contributed by atoms with Gasteiger partial charge in [0.2, 0.25) is 0 Å². The molecule has 6 unspecified atom stereocenters. The highest BCUT2D eigenvalue weighted by Gasteiger charge is 2.56. The van der Waals surface area contributed by atoms with Gasteiger partial charge in [-0.05, 0) is 40.5 Å². The quantitative estimate of drug-likeness (QED) is 0.287. The molecule has 0 aliphatic carbocycles. The molecule has 0 amide bonds. The lowest BCUT2D eigenvalue weighted by Gasteiger charge is -2.60. The number of hydrogen-bond acceptors (Lipinski definition) is 2.